The van der Waals surface area contributed by atoms with Gasteiger partial charge in [-0.1, -0.05) is 52.6 Å². The summed E-state index contributed by atoms with van der Waals surface area (Å²) in [5, 5.41) is 7.17. The van der Waals surface area contributed by atoms with Crippen LogP contribution in [0.1, 0.15) is 5.56 Å². The van der Waals surface area contributed by atoms with Crippen molar-refractivity contribution < 1.29 is 8.42 Å². The lowest BCUT2D eigenvalue weighted by Crippen LogP contribution is -2.31. The van der Waals surface area contributed by atoms with Crippen molar-refractivity contribution in [2.24, 2.45) is 0 Å². The third kappa shape index (κ3) is 3.07. The highest BCUT2D eigenvalue weighted by Gasteiger charge is 2.22. The van der Waals surface area contributed by atoms with Gasteiger partial charge in [-0.25, -0.2) is 4.79 Å². The molecule has 0 radical (unpaired) electrons. The maximum Gasteiger partial charge on any atom is 0.378 e. The van der Waals surface area contributed by atoms with Crippen LogP contribution in [0.5, 0.6) is 0 Å². The van der Waals surface area contributed by atoms with Crippen LogP contribution in [0.25, 0.3) is 0 Å². The highest BCUT2D eigenvalue weighted by molar-refractivity contribution is 7.89. The van der Waals surface area contributed by atoms with Crippen LogP contribution in [0.2, 0.25) is 0 Å². The van der Waals surface area contributed by atoms with Crippen molar-refractivity contribution >= 4 is 10.0 Å². The molecule has 0 atom stereocenters. The zero-order chi connectivity index (χ0) is 16.3. The number of hydrogen-bond acceptors (Lipinski definition) is 5. The molecule has 0 aliphatic carbocycles. The Morgan fingerprint density at radius 2 is 1.48 bits per heavy atom. The van der Waals surface area contributed by atoms with E-state index < -0.39 is 15.7 Å². The summed E-state index contributed by atoms with van der Waals surface area (Å²) < 4.78 is 26.3. The number of benzene rings is 2. The Balaban J connectivity index is 1.87. The molecule has 0 saturated carbocycles. The van der Waals surface area contributed by atoms with Gasteiger partial charge in [-0.3, -0.25) is 0 Å². The molecule has 1 heterocycles. The maximum absolute atomic E-state index is 12.4. The van der Waals surface area contributed by atoms with Gasteiger partial charge in [0.1, 0.15) is 0 Å². The highest BCUT2D eigenvalue weighted by Crippen LogP contribution is 2.09. The molecule has 0 saturated heterocycles. The van der Waals surface area contributed by atoms with Gasteiger partial charge in [0, 0.05) is 0 Å². The molecule has 0 aliphatic heterocycles. The molecule has 0 amide bonds. The van der Waals surface area contributed by atoms with Crippen molar-refractivity contribution in [2.45, 2.75) is 17.9 Å². The van der Waals surface area contributed by atoms with E-state index in [0.717, 1.165) is 10.2 Å². The van der Waals surface area contributed by atoms with Crippen molar-refractivity contribution in [2.75, 3.05) is 0 Å². The van der Waals surface area contributed by atoms with Gasteiger partial charge in [0.05, 0.1) is 11.4 Å². The number of rotatable bonds is 5. The van der Waals surface area contributed by atoms with Crippen molar-refractivity contribution in [3.8, 4) is 0 Å². The minimum absolute atomic E-state index is 0.00258. The van der Waals surface area contributed by atoms with Gasteiger partial charge in [-0.15, -0.1) is 0 Å². The number of aryl methyl sites for hydroxylation is 2. The van der Waals surface area contributed by atoms with E-state index in [1.165, 1.54) is 12.1 Å². The lowest BCUT2D eigenvalue weighted by Gasteiger charge is -2.01. The minimum Gasteiger partial charge on any atom is -0.243 e. The molecule has 0 N–H and O–H groups in total. The second-order valence-electron chi connectivity index (χ2n) is 4.88. The summed E-state index contributed by atoms with van der Waals surface area (Å²) in [6.45, 7) is 0.257. The zero-order valence-corrected chi connectivity index (χ0v) is 12.9. The first kappa shape index (κ1) is 15.2. The van der Waals surface area contributed by atoms with Crippen molar-refractivity contribution in [3.63, 3.8) is 0 Å². The third-order valence-electron chi connectivity index (χ3n) is 3.34. The van der Waals surface area contributed by atoms with Crippen molar-refractivity contribution in [1.29, 1.82) is 0 Å². The van der Waals surface area contributed by atoms with E-state index in [2.05, 4.69) is 10.4 Å². The van der Waals surface area contributed by atoms with E-state index in [9.17, 15) is 13.2 Å². The SMILES string of the molecule is O=c1n(CCc2ccccc2)nnn1S(=O)(=O)c1ccccc1. The summed E-state index contributed by atoms with van der Waals surface area (Å²) in [4.78, 5) is 12.2. The average Bonchev–Trinajstić information content (AvgIpc) is 2.96. The van der Waals surface area contributed by atoms with Crippen LogP contribution in [0.3, 0.4) is 0 Å². The van der Waals surface area contributed by atoms with Crippen LogP contribution in [-0.2, 0) is 23.0 Å². The van der Waals surface area contributed by atoms with Gasteiger partial charge >= 0.3 is 5.69 Å². The van der Waals surface area contributed by atoms with Gasteiger partial charge in [-0.05, 0) is 34.5 Å². The van der Waals surface area contributed by atoms with Gasteiger partial charge < -0.3 is 0 Å². The Bertz CT molecular complexity index is 947. The minimum atomic E-state index is -4.02. The van der Waals surface area contributed by atoms with E-state index in [0.29, 0.717) is 10.5 Å². The quantitative estimate of drug-likeness (QED) is 0.694. The Labute approximate surface area is 132 Å². The van der Waals surface area contributed by atoms with Gasteiger partial charge in [0.25, 0.3) is 10.0 Å². The van der Waals surface area contributed by atoms with Crippen molar-refractivity contribution in [3.05, 3.63) is 76.7 Å². The van der Waals surface area contributed by atoms with Crippen LogP contribution < -0.4 is 5.69 Å². The highest BCUT2D eigenvalue weighted by atomic mass is 32.2. The van der Waals surface area contributed by atoms with Crippen LogP contribution in [0.4, 0.5) is 0 Å². The normalized spacial score (nSPS) is 11.5. The number of tetrazole rings is 1. The molecule has 7 nitrogen and oxygen atoms in total. The molecule has 8 heteroatoms. The molecule has 2 aromatic carbocycles. The fourth-order valence-electron chi connectivity index (χ4n) is 2.12. The lowest BCUT2D eigenvalue weighted by molar-refractivity contribution is 0.573. The molecular weight excluding hydrogens is 316 g/mol. The Morgan fingerprint density at radius 3 is 2.13 bits per heavy atom. The van der Waals surface area contributed by atoms with Crippen LogP contribution >= 0.6 is 0 Å². The first-order valence-electron chi connectivity index (χ1n) is 6.96. The zero-order valence-electron chi connectivity index (χ0n) is 12.1. The summed E-state index contributed by atoms with van der Waals surface area (Å²) in [6.07, 6.45) is 0.560. The molecule has 3 aromatic rings. The molecule has 3 rings (SSSR count). The van der Waals surface area contributed by atoms with Gasteiger partial charge in [0.15, 0.2) is 0 Å². The second-order valence-corrected chi connectivity index (χ2v) is 6.65. The first-order chi connectivity index (χ1) is 11.1. The maximum atomic E-state index is 12.4. The smallest absolute Gasteiger partial charge is 0.243 e. The topological polar surface area (TPSA) is 86.8 Å². The van der Waals surface area contributed by atoms with E-state index in [4.69, 9.17) is 0 Å². The Hall–Kier alpha value is -2.74. The fraction of sp³-hybridized carbons (Fsp3) is 0.133. The largest absolute Gasteiger partial charge is 0.378 e. The summed E-state index contributed by atoms with van der Waals surface area (Å²) >= 11 is 0. The molecule has 1 aromatic heterocycles. The lowest BCUT2D eigenvalue weighted by atomic mass is 10.2. The van der Waals surface area contributed by atoms with Crippen LogP contribution in [-0.4, -0.2) is 27.6 Å². The van der Waals surface area contributed by atoms with Crippen LogP contribution in [0, 0.1) is 0 Å². The number of nitrogens with zero attached hydrogens (tertiary/aromatic N) is 4. The fourth-order valence-corrected chi connectivity index (χ4v) is 3.25. The third-order valence-corrected chi connectivity index (χ3v) is 4.89. The summed E-state index contributed by atoms with van der Waals surface area (Å²) in [6, 6.07) is 17.2. The van der Waals surface area contributed by atoms with Crippen molar-refractivity contribution in [1.82, 2.24) is 19.2 Å². The molecule has 23 heavy (non-hydrogen) atoms. The Morgan fingerprint density at radius 1 is 0.870 bits per heavy atom. The second kappa shape index (κ2) is 6.17. The first-order valence-corrected chi connectivity index (χ1v) is 8.40. The predicted octanol–water partition coefficient (Wildman–Crippen LogP) is 0.919. The molecule has 0 unspecified atom stereocenters. The Kier molecular flexibility index (Phi) is 4.07. The summed E-state index contributed by atoms with van der Waals surface area (Å²) in [5.41, 5.74) is 0.254. The van der Waals surface area contributed by atoms with E-state index in [-0.39, 0.29) is 11.4 Å². The number of aromatic nitrogens is 4. The number of hydrogen-bond donors (Lipinski definition) is 0. The van der Waals surface area contributed by atoms with Crippen LogP contribution in [0.15, 0.2) is 70.4 Å². The summed E-state index contributed by atoms with van der Waals surface area (Å²) in [7, 11) is -4.02. The molecule has 0 spiro atoms. The average molecular weight is 330 g/mol. The molecule has 0 fully saturated rings. The van der Waals surface area contributed by atoms with Gasteiger partial charge in [-0.2, -0.15) is 13.1 Å². The monoisotopic (exact) mass is 330 g/mol. The standard InChI is InChI=1S/C15H14N4O3S/c20-15-18(12-11-13-7-3-1-4-8-13)16-17-19(15)23(21,22)14-9-5-2-6-10-14/h1-10H,11-12H2. The van der Waals surface area contributed by atoms with Gasteiger partial charge in [0.2, 0.25) is 0 Å². The summed E-state index contributed by atoms with van der Waals surface area (Å²) in [5.74, 6) is 0. The molecule has 0 bridgehead atoms. The van der Waals surface area contributed by atoms with E-state index in [1.807, 2.05) is 30.3 Å². The van der Waals surface area contributed by atoms with E-state index >= 15 is 0 Å². The molecule has 0 aliphatic rings. The van der Waals surface area contributed by atoms with E-state index in [1.54, 1.807) is 18.2 Å². The predicted molar refractivity (Wildman–Crippen MR) is 83.5 cm³/mol. The molecule has 118 valence electrons. The molecular formula is C15H14N4O3S.